The fourth-order valence-corrected chi connectivity index (χ4v) is 2.31. The van der Waals surface area contributed by atoms with Gasteiger partial charge in [-0.2, -0.15) is 0 Å². The molecule has 108 valence electrons. The lowest BCUT2D eigenvalue weighted by Crippen LogP contribution is -2.04. The average molecular weight is 287 g/mol. The van der Waals surface area contributed by atoms with Crippen LogP contribution < -0.4 is 9.47 Å². The molecule has 0 saturated carbocycles. The molecule has 0 aliphatic carbocycles. The quantitative estimate of drug-likeness (QED) is 0.690. The second kappa shape index (κ2) is 5.41. The number of aliphatic hydroxyl groups excluding tert-OH is 1. The third-order valence-corrected chi connectivity index (χ3v) is 3.38. The highest BCUT2D eigenvalue weighted by Gasteiger charge is 2.20. The molecule has 1 unspecified atom stereocenters. The van der Waals surface area contributed by atoms with Gasteiger partial charge in [0.25, 0.3) is 5.69 Å². The van der Waals surface area contributed by atoms with E-state index < -0.39 is 11.0 Å². The molecule has 21 heavy (non-hydrogen) atoms. The van der Waals surface area contributed by atoms with Crippen molar-refractivity contribution in [1.82, 2.24) is 0 Å². The first kappa shape index (κ1) is 13.4. The third kappa shape index (κ3) is 2.66. The molecule has 1 atom stereocenters. The molecule has 0 spiro atoms. The van der Waals surface area contributed by atoms with Gasteiger partial charge in [0.15, 0.2) is 11.5 Å². The second-order valence-corrected chi connectivity index (χ2v) is 4.72. The smallest absolute Gasteiger partial charge is 0.272 e. The number of hydrogen-bond donors (Lipinski definition) is 1. The Hall–Kier alpha value is -2.60. The minimum atomic E-state index is -0.847. The Kier molecular flexibility index (Phi) is 3.45. The number of nitrogens with zero attached hydrogens (tertiary/aromatic N) is 1. The SMILES string of the molecule is O=[N+]([O-])c1ccccc1CC(O)c1ccc2c(c1)OCO2. The topological polar surface area (TPSA) is 81.8 Å². The van der Waals surface area contributed by atoms with Crippen LogP contribution in [0.1, 0.15) is 17.2 Å². The van der Waals surface area contributed by atoms with Gasteiger partial charge in [-0.3, -0.25) is 10.1 Å². The lowest BCUT2D eigenvalue weighted by Gasteiger charge is -2.12. The maximum atomic E-state index is 11.0. The normalized spacial score (nSPS) is 14.0. The summed E-state index contributed by atoms with van der Waals surface area (Å²) in [5.41, 5.74) is 1.14. The van der Waals surface area contributed by atoms with Crippen LogP contribution in [0, 0.1) is 10.1 Å². The maximum absolute atomic E-state index is 11.0. The number of ether oxygens (including phenoxy) is 2. The lowest BCUT2D eigenvalue weighted by molar-refractivity contribution is -0.385. The van der Waals surface area contributed by atoms with E-state index in [-0.39, 0.29) is 18.9 Å². The van der Waals surface area contributed by atoms with Crippen molar-refractivity contribution < 1.29 is 19.5 Å². The maximum Gasteiger partial charge on any atom is 0.272 e. The fourth-order valence-electron chi connectivity index (χ4n) is 2.31. The van der Waals surface area contributed by atoms with Crippen LogP contribution in [-0.4, -0.2) is 16.8 Å². The number of fused-ring (bicyclic) bond motifs is 1. The zero-order chi connectivity index (χ0) is 14.8. The Morgan fingerprint density at radius 2 is 1.95 bits per heavy atom. The zero-order valence-corrected chi connectivity index (χ0v) is 11.1. The highest BCUT2D eigenvalue weighted by Crippen LogP contribution is 2.35. The minimum Gasteiger partial charge on any atom is -0.454 e. The number of benzene rings is 2. The van der Waals surface area contributed by atoms with E-state index in [4.69, 9.17) is 9.47 Å². The van der Waals surface area contributed by atoms with Crippen LogP contribution in [0.4, 0.5) is 5.69 Å². The molecule has 1 N–H and O–H groups in total. The molecule has 6 heteroatoms. The highest BCUT2D eigenvalue weighted by molar-refractivity contribution is 5.46. The van der Waals surface area contributed by atoms with Crippen molar-refractivity contribution in [3.63, 3.8) is 0 Å². The number of aliphatic hydroxyl groups is 1. The molecule has 0 saturated heterocycles. The second-order valence-electron chi connectivity index (χ2n) is 4.72. The van der Waals surface area contributed by atoms with E-state index in [0.717, 1.165) is 0 Å². The monoisotopic (exact) mass is 287 g/mol. The standard InChI is InChI=1S/C15H13NO5/c17-13(7-10-3-1-2-4-12(10)16(18)19)11-5-6-14-15(8-11)21-9-20-14/h1-6,8,13,17H,7,9H2. The first-order chi connectivity index (χ1) is 10.1. The molecule has 0 aromatic heterocycles. The Balaban J connectivity index is 1.83. The van der Waals surface area contributed by atoms with Crippen molar-refractivity contribution in [2.75, 3.05) is 6.79 Å². The number of nitro benzene ring substituents is 1. The van der Waals surface area contributed by atoms with E-state index in [0.29, 0.717) is 22.6 Å². The molecule has 1 heterocycles. The van der Waals surface area contributed by atoms with Gasteiger partial charge in [0.1, 0.15) is 0 Å². The minimum absolute atomic E-state index is 0.0114. The van der Waals surface area contributed by atoms with Crippen LogP contribution >= 0.6 is 0 Å². The van der Waals surface area contributed by atoms with Crippen molar-refractivity contribution in [2.24, 2.45) is 0 Å². The van der Waals surface area contributed by atoms with E-state index >= 15 is 0 Å². The third-order valence-electron chi connectivity index (χ3n) is 3.38. The van der Waals surface area contributed by atoms with Gasteiger partial charge in [-0.1, -0.05) is 24.3 Å². The summed E-state index contributed by atoms with van der Waals surface area (Å²) in [6, 6.07) is 11.5. The van der Waals surface area contributed by atoms with Crippen molar-refractivity contribution in [3.05, 3.63) is 63.7 Å². The molecule has 2 aromatic rings. The van der Waals surface area contributed by atoms with Crippen LogP contribution in [0.3, 0.4) is 0 Å². The molecule has 1 aliphatic rings. The lowest BCUT2D eigenvalue weighted by atomic mass is 10.00. The van der Waals surface area contributed by atoms with Crippen molar-refractivity contribution >= 4 is 5.69 Å². The van der Waals surface area contributed by atoms with Crippen molar-refractivity contribution in [1.29, 1.82) is 0 Å². The van der Waals surface area contributed by atoms with Gasteiger partial charge in [0.2, 0.25) is 6.79 Å². The number of nitro groups is 1. The summed E-state index contributed by atoms with van der Waals surface area (Å²) in [5, 5.41) is 21.3. The van der Waals surface area contributed by atoms with Gasteiger partial charge in [0, 0.05) is 18.1 Å². The van der Waals surface area contributed by atoms with Crippen molar-refractivity contribution in [3.8, 4) is 11.5 Å². The number of rotatable bonds is 4. The molecule has 0 fully saturated rings. The first-order valence-electron chi connectivity index (χ1n) is 6.45. The largest absolute Gasteiger partial charge is 0.454 e. The summed E-state index contributed by atoms with van der Waals surface area (Å²) in [6.07, 6.45) is -0.683. The summed E-state index contributed by atoms with van der Waals surface area (Å²) in [4.78, 5) is 10.5. The van der Waals surface area contributed by atoms with Crippen LogP contribution in [-0.2, 0) is 6.42 Å². The van der Waals surface area contributed by atoms with Crippen molar-refractivity contribution in [2.45, 2.75) is 12.5 Å². The van der Waals surface area contributed by atoms with Gasteiger partial charge >= 0.3 is 0 Å². The molecule has 3 rings (SSSR count). The molecule has 6 nitrogen and oxygen atoms in total. The molecular formula is C15H13NO5. The Morgan fingerprint density at radius 3 is 2.76 bits per heavy atom. The molecule has 0 amide bonds. The fraction of sp³-hybridized carbons (Fsp3) is 0.200. The molecular weight excluding hydrogens is 274 g/mol. The summed E-state index contributed by atoms with van der Waals surface area (Å²) in [5.74, 6) is 1.21. The van der Waals surface area contributed by atoms with Gasteiger partial charge in [-0.25, -0.2) is 0 Å². The van der Waals surface area contributed by atoms with E-state index in [1.807, 2.05) is 0 Å². The molecule has 0 bridgehead atoms. The van der Waals surface area contributed by atoms with Crippen LogP contribution in [0.2, 0.25) is 0 Å². The van der Waals surface area contributed by atoms with E-state index in [2.05, 4.69) is 0 Å². The Morgan fingerprint density at radius 1 is 1.19 bits per heavy atom. The van der Waals surface area contributed by atoms with E-state index in [1.165, 1.54) is 6.07 Å². The van der Waals surface area contributed by atoms with Gasteiger partial charge in [-0.15, -0.1) is 0 Å². The zero-order valence-electron chi connectivity index (χ0n) is 11.1. The Bertz CT molecular complexity index is 686. The summed E-state index contributed by atoms with van der Waals surface area (Å²) in [6.45, 7) is 0.166. The van der Waals surface area contributed by atoms with E-state index in [1.54, 1.807) is 36.4 Å². The Labute approximate surface area is 120 Å². The van der Waals surface area contributed by atoms with Gasteiger partial charge < -0.3 is 14.6 Å². The summed E-state index contributed by atoms with van der Waals surface area (Å²) in [7, 11) is 0. The first-order valence-corrected chi connectivity index (χ1v) is 6.45. The van der Waals surface area contributed by atoms with Crippen LogP contribution in [0.15, 0.2) is 42.5 Å². The molecule has 1 aliphatic heterocycles. The average Bonchev–Trinajstić information content (AvgIpc) is 2.94. The van der Waals surface area contributed by atoms with Crippen LogP contribution in [0.25, 0.3) is 0 Å². The summed E-state index contributed by atoms with van der Waals surface area (Å²) >= 11 is 0. The number of para-hydroxylation sites is 1. The van der Waals surface area contributed by atoms with Crippen LogP contribution in [0.5, 0.6) is 11.5 Å². The number of hydrogen-bond acceptors (Lipinski definition) is 5. The van der Waals surface area contributed by atoms with Gasteiger partial charge in [-0.05, 0) is 17.7 Å². The van der Waals surface area contributed by atoms with E-state index in [9.17, 15) is 15.2 Å². The summed E-state index contributed by atoms with van der Waals surface area (Å²) < 4.78 is 10.5. The predicted octanol–water partition coefficient (Wildman–Crippen LogP) is 2.60. The predicted molar refractivity (Wildman–Crippen MR) is 74.3 cm³/mol. The molecule has 0 radical (unpaired) electrons. The highest BCUT2D eigenvalue weighted by atomic mass is 16.7. The molecule has 2 aromatic carbocycles. The van der Waals surface area contributed by atoms with Gasteiger partial charge in [0.05, 0.1) is 11.0 Å².